The zero-order chi connectivity index (χ0) is 11.3. The fourth-order valence-electron chi connectivity index (χ4n) is 1.79. The van der Waals surface area contributed by atoms with Crippen molar-refractivity contribution in [3.05, 3.63) is 0 Å². The molecule has 0 unspecified atom stereocenters. The normalized spacial score (nSPS) is 18.7. The molecule has 5 heteroatoms. The molecule has 0 aromatic carbocycles. The number of aliphatic hydroxyl groups is 1. The quantitative estimate of drug-likeness (QED) is 0.608. The maximum atomic E-state index is 11.5. The van der Waals surface area contributed by atoms with Gasteiger partial charge in [-0.05, 0) is 12.8 Å². The van der Waals surface area contributed by atoms with Gasteiger partial charge in [-0.25, -0.2) is 4.79 Å². The molecule has 1 saturated carbocycles. The highest BCUT2D eigenvalue weighted by Gasteiger charge is 2.22. The minimum atomic E-state index is -1.38. The number of carboxylic acid groups (broad SMARTS) is 1. The third-order valence-electron chi connectivity index (χ3n) is 2.73. The first kappa shape index (κ1) is 12.0. The monoisotopic (exact) mass is 215 g/mol. The molecule has 0 aromatic heterocycles. The number of carbonyl (C=O) groups is 2. The van der Waals surface area contributed by atoms with Crippen LogP contribution in [0.15, 0.2) is 0 Å². The Labute approximate surface area is 88.5 Å². The summed E-state index contributed by atoms with van der Waals surface area (Å²) in [6.45, 7) is 0.225. The van der Waals surface area contributed by atoms with E-state index in [-0.39, 0.29) is 24.8 Å². The Morgan fingerprint density at radius 2 is 1.93 bits per heavy atom. The molecule has 15 heavy (non-hydrogen) atoms. The molecule has 0 aliphatic heterocycles. The molecule has 1 rings (SSSR count). The second kappa shape index (κ2) is 5.70. The Kier molecular flexibility index (Phi) is 4.55. The van der Waals surface area contributed by atoms with Crippen molar-refractivity contribution in [2.24, 2.45) is 5.92 Å². The average molecular weight is 215 g/mol. The average Bonchev–Trinajstić information content (AvgIpc) is 2.70. The van der Waals surface area contributed by atoms with Crippen LogP contribution in [-0.2, 0) is 9.59 Å². The van der Waals surface area contributed by atoms with Gasteiger partial charge in [0.25, 0.3) is 0 Å². The number of carboxylic acids is 1. The molecule has 1 aliphatic carbocycles. The summed E-state index contributed by atoms with van der Waals surface area (Å²) in [5, 5.41) is 20.0. The van der Waals surface area contributed by atoms with Crippen LogP contribution >= 0.6 is 0 Å². The molecule has 0 heterocycles. The summed E-state index contributed by atoms with van der Waals surface area (Å²) >= 11 is 0. The highest BCUT2D eigenvalue weighted by molar-refractivity contribution is 5.79. The van der Waals surface area contributed by atoms with Crippen LogP contribution in [0.4, 0.5) is 0 Å². The van der Waals surface area contributed by atoms with Crippen molar-refractivity contribution >= 4 is 11.9 Å². The number of hydrogen-bond acceptors (Lipinski definition) is 3. The van der Waals surface area contributed by atoms with E-state index in [1.165, 1.54) is 0 Å². The van der Waals surface area contributed by atoms with E-state index in [1.54, 1.807) is 0 Å². The van der Waals surface area contributed by atoms with Gasteiger partial charge in [0.05, 0.1) is 0 Å². The highest BCUT2D eigenvalue weighted by Crippen LogP contribution is 2.24. The van der Waals surface area contributed by atoms with E-state index in [0.717, 1.165) is 25.7 Å². The first-order valence-corrected chi connectivity index (χ1v) is 5.30. The van der Waals surface area contributed by atoms with E-state index in [9.17, 15) is 9.59 Å². The number of amides is 1. The van der Waals surface area contributed by atoms with Crippen LogP contribution in [0, 0.1) is 5.92 Å². The summed E-state index contributed by atoms with van der Waals surface area (Å²) in [6.07, 6.45) is 2.72. The van der Waals surface area contributed by atoms with E-state index >= 15 is 0 Å². The number of carbonyl (C=O) groups excluding carboxylic acids is 1. The summed E-state index contributed by atoms with van der Waals surface area (Å²) in [7, 11) is 0. The van der Waals surface area contributed by atoms with Crippen LogP contribution in [0.5, 0.6) is 0 Å². The molecule has 1 aliphatic rings. The Morgan fingerprint density at radius 3 is 2.47 bits per heavy atom. The smallest absolute Gasteiger partial charge is 0.332 e. The van der Waals surface area contributed by atoms with E-state index in [1.807, 2.05) is 0 Å². The molecule has 1 atom stereocenters. The Bertz CT molecular complexity index is 236. The van der Waals surface area contributed by atoms with Gasteiger partial charge >= 0.3 is 5.97 Å². The molecule has 0 radical (unpaired) electrons. The van der Waals surface area contributed by atoms with Crippen LogP contribution in [0.3, 0.4) is 0 Å². The molecular formula is C10H17NO4. The SMILES string of the molecule is O=C(NCC[C@H](O)C(=O)O)C1CCCC1. The Hall–Kier alpha value is -1.10. The fourth-order valence-corrected chi connectivity index (χ4v) is 1.79. The molecule has 0 spiro atoms. The number of nitrogens with one attached hydrogen (secondary N) is 1. The molecule has 0 saturated heterocycles. The highest BCUT2D eigenvalue weighted by atomic mass is 16.4. The topological polar surface area (TPSA) is 86.6 Å². The third kappa shape index (κ3) is 3.87. The summed E-state index contributed by atoms with van der Waals surface area (Å²) in [4.78, 5) is 21.7. The van der Waals surface area contributed by atoms with E-state index in [4.69, 9.17) is 10.2 Å². The predicted octanol–water partition coefficient (Wildman–Crippen LogP) is 0.128. The van der Waals surface area contributed by atoms with Crippen molar-refractivity contribution in [1.29, 1.82) is 0 Å². The van der Waals surface area contributed by atoms with Gasteiger partial charge in [0.15, 0.2) is 6.10 Å². The zero-order valence-corrected chi connectivity index (χ0v) is 8.61. The van der Waals surface area contributed by atoms with Crippen LogP contribution in [-0.4, -0.2) is 34.7 Å². The molecule has 0 bridgehead atoms. The lowest BCUT2D eigenvalue weighted by molar-refractivity contribution is -0.147. The number of hydrogen-bond donors (Lipinski definition) is 3. The van der Waals surface area contributed by atoms with Crippen molar-refractivity contribution in [1.82, 2.24) is 5.32 Å². The van der Waals surface area contributed by atoms with Crippen molar-refractivity contribution in [2.45, 2.75) is 38.2 Å². The van der Waals surface area contributed by atoms with Crippen molar-refractivity contribution in [2.75, 3.05) is 6.54 Å². The largest absolute Gasteiger partial charge is 0.479 e. The summed E-state index contributed by atoms with van der Waals surface area (Å²) < 4.78 is 0. The Balaban J connectivity index is 2.14. The predicted molar refractivity (Wildman–Crippen MR) is 53.2 cm³/mol. The van der Waals surface area contributed by atoms with E-state index in [0.29, 0.717) is 0 Å². The lowest BCUT2D eigenvalue weighted by atomic mass is 10.1. The van der Waals surface area contributed by atoms with E-state index in [2.05, 4.69) is 5.32 Å². The van der Waals surface area contributed by atoms with Crippen molar-refractivity contribution < 1.29 is 19.8 Å². The van der Waals surface area contributed by atoms with Gasteiger partial charge < -0.3 is 15.5 Å². The molecule has 1 fully saturated rings. The minimum absolute atomic E-state index is 0.00918. The van der Waals surface area contributed by atoms with Gasteiger partial charge in [-0.2, -0.15) is 0 Å². The van der Waals surface area contributed by atoms with Crippen LogP contribution in [0.2, 0.25) is 0 Å². The van der Waals surface area contributed by atoms with Crippen molar-refractivity contribution in [3.63, 3.8) is 0 Å². The molecule has 3 N–H and O–H groups in total. The molecule has 86 valence electrons. The van der Waals surface area contributed by atoms with Gasteiger partial charge in [-0.1, -0.05) is 12.8 Å². The maximum Gasteiger partial charge on any atom is 0.332 e. The molecule has 5 nitrogen and oxygen atoms in total. The number of aliphatic carboxylic acids is 1. The lowest BCUT2D eigenvalue weighted by Gasteiger charge is -2.11. The van der Waals surface area contributed by atoms with Crippen molar-refractivity contribution in [3.8, 4) is 0 Å². The van der Waals surface area contributed by atoms with Crippen LogP contribution in [0.1, 0.15) is 32.1 Å². The summed E-state index contributed by atoms with van der Waals surface area (Å²) in [5.74, 6) is -1.16. The van der Waals surface area contributed by atoms with Gasteiger partial charge in [-0.15, -0.1) is 0 Å². The van der Waals surface area contributed by atoms with Gasteiger partial charge in [0.2, 0.25) is 5.91 Å². The summed E-state index contributed by atoms with van der Waals surface area (Å²) in [6, 6.07) is 0. The molecular weight excluding hydrogens is 198 g/mol. The number of aliphatic hydroxyl groups excluding tert-OH is 1. The second-order valence-corrected chi connectivity index (χ2v) is 3.92. The molecule has 0 aromatic rings. The van der Waals surface area contributed by atoms with E-state index < -0.39 is 12.1 Å². The first-order chi connectivity index (χ1) is 7.11. The Morgan fingerprint density at radius 1 is 1.33 bits per heavy atom. The van der Waals surface area contributed by atoms with Gasteiger partial charge in [0, 0.05) is 18.9 Å². The maximum absolute atomic E-state index is 11.5. The van der Waals surface area contributed by atoms with Crippen LogP contribution in [0.25, 0.3) is 0 Å². The second-order valence-electron chi connectivity index (χ2n) is 3.92. The fraction of sp³-hybridized carbons (Fsp3) is 0.800. The number of rotatable bonds is 5. The minimum Gasteiger partial charge on any atom is -0.479 e. The van der Waals surface area contributed by atoms with Crippen LogP contribution < -0.4 is 5.32 Å². The standard InChI is InChI=1S/C10H17NO4/c12-8(10(14)15)5-6-11-9(13)7-3-1-2-4-7/h7-8,12H,1-6H2,(H,11,13)(H,14,15)/t8-/m0/s1. The first-order valence-electron chi connectivity index (χ1n) is 5.30. The third-order valence-corrected chi connectivity index (χ3v) is 2.73. The van der Waals surface area contributed by atoms with Gasteiger partial charge in [-0.3, -0.25) is 4.79 Å². The summed E-state index contributed by atoms with van der Waals surface area (Å²) in [5.41, 5.74) is 0. The molecule has 1 amide bonds. The zero-order valence-electron chi connectivity index (χ0n) is 8.61. The lowest BCUT2D eigenvalue weighted by Crippen LogP contribution is -2.33. The van der Waals surface area contributed by atoms with Gasteiger partial charge in [0.1, 0.15) is 0 Å².